The molecule has 0 aromatic carbocycles. The molecule has 16 heavy (non-hydrogen) atoms. The Balaban J connectivity index is 2.55. The molecule has 0 unspecified atom stereocenters. The van der Waals surface area contributed by atoms with Crippen molar-refractivity contribution in [3.05, 3.63) is 33.9 Å². The first-order valence-corrected chi connectivity index (χ1v) is 5.87. The van der Waals surface area contributed by atoms with E-state index in [1.165, 1.54) is 0 Å². The van der Waals surface area contributed by atoms with Crippen molar-refractivity contribution in [1.82, 2.24) is 19.9 Å². The van der Waals surface area contributed by atoms with Crippen molar-refractivity contribution in [2.75, 3.05) is 0 Å². The molecule has 0 spiro atoms. The standard InChI is InChI=1S/C10H8BrClN4/c1-2-6-8(11)9(12)16-10(15-6)7-5-13-3-4-14-7/h3-5H,2H2,1H3. The van der Waals surface area contributed by atoms with Crippen molar-refractivity contribution in [3.63, 3.8) is 0 Å². The molecule has 0 radical (unpaired) electrons. The van der Waals surface area contributed by atoms with Gasteiger partial charge in [0, 0.05) is 12.4 Å². The lowest BCUT2D eigenvalue weighted by Crippen LogP contribution is -1.98. The van der Waals surface area contributed by atoms with Crippen molar-refractivity contribution in [1.29, 1.82) is 0 Å². The smallest absolute Gasteiger partial charge is 0.181 e. The highest BCUT2D eigenvalue weighted by Gasteiger charge is 2.11. The minimum Gasteiger partial charge on any atom is -0.261 e. The Morgan fingerprint density at radius 1 is 1.31 bits per heavy atom. The van der Waals surface area contributed by atoms with E-state index < -0.39 is 0 Å². The molecule has 0 atom stereocenters. The number of rotatable bonds is 2. The second kappa shape index (κ2) is 4.84. The Labute approximate surface area is 106 Å². The molecule has 0 bridgehead atoms. The summed E-state index contributed by atoms with van der Waals surface area (Å²) in [5.41, 5.74) is 1.48. The predicted molar refractivity (Wildman–Crippen MR) is 65.1 cm³/mol. The van der Waals surface area contributed by atoms with Crippen LogP contribution in [-0.4, -0.2) is 19.9 Å². The summed E-state index contributed by atoms with van der Waals surface area (Å²) in [5, 5.41) is 0.396. The first-order valence-electron chi connectivity index (χ1n) is 4.70. The number of aromatic nitrogens is 4. The molecule has 2 aromatic heterocycles. The highest BCUT2D eigenvalue weighted by molar-refractivity contribution is 9.10. The molecule has 0 amide bonds. The van der Waals surface area contributed by atoms with Gasteiger partial charge in [-0.15, -0.1) is 0 Å². The Hall–Kier alpha value is -1.07. The molecule has 2 aromatic rings. The van der Waals surface area contributed by atoms with Gasteiger partial charge >= 0.3 is 0 Å². The van der Waals surface area contributed by atoms with Crippen molar-refractivity contribution < 1.29 is 0 Å². The van der Waals surface area contributed by atoms with E-state index in [1.807, 2.05) is 6.92 Å². The van der Waals surface area contributed by atoms with Gasteiger partial charge < -0.3 is 0 Å². The average Bonchev–Trinajstić information content (AvgIpc) is 2.33. The van der Waals surface area contributed by atoms with Crippen LogP contribution in [0.15, 0.2) is 23.1 Å². The lowest BCUT2D eigenvalue weighted by Gasteiger charge is -2.05. The van der Waals surface area contributed by atoms with Crippen LogP contribution in [0.25, 0.3) is 11.5 Å². The van der Waals surface area contributed by atoms with Crippen molar-refractivity contribution in [2.24, 2.45) is 0 Å². The fraction of sp³-hybridized carbons (Fsp3) is 0.200. The fourth-order valence-corrected chi connectivity index (χ4v) is 1.87. The van der Waals surface area contributed by atoms with Crippen molar-refractivity contribution in [3.8, 4) is 11.5 Å². The van der Waals surface area contributed by atoms with Gasteiger partial charge in [-0.2, -0.15) is 0 Å². The van der Waals surface area contributed by atoms with Crippen LogP contribution in [0.4, 0.5) is 0 Å². The number of halogens is 2. The van der Waals surface area contributed by atoms with Gasteiger partial charge in [0.2, 0.25) is 0 Å². The third-order valence-corrected chi connectivity index (χ3v) is 3.34. The van der Waals surface area contributed by atoms with Crippen LogP contribution in [0, 0.1) is 0 Å². The predicted octanol–water partition coefficient (Wildman–Crippen LogP) is 2.91. The molecule has 2 heterocycles. The molecule has 2 rings (SSSR count). The van der Waals surface area contributed by atoms with Crippen molar-refractivity contribution >= 4 is 27.5 Å². The second-order valence-corrected chi connectivity index (χ2v) is 4.19. The van der Waals surface area contributed by atoms with E-state index in [-0.39, 0.29) is 0 Å². The number of hydrogen-bond donors (Lipinski definition) is 0. The summed E-state index contributed by atoms with van der Waals surface area (Å²) in [4.78, 5) is 16.6. The van der Waals surface area contributed by atoms with E-state index in [9.17, 15) is 0 Å². The van der Waals surface area contributed by atoms with E-state index in [2.05, 4.69) is 35.9 Å². The molecule has 6 heteroatoms. The minimum atomic E-state index is 0.396. The summed E-state index contributed by atoms with van der Waals surface area (Å²) in [6.45, 7) is 2.00. The fourth-order valence-electron chi connectivity index (χ4n) is 1.23. The van der Waals surface area contributed by atoms with Gasteiger partial charge in [-0.1, -0.05) is 18.5 Å². The number of nitrogens with zero attached hydrogens (tertiary/aromatic N) is 4. The van der Waals surface area contributed by atoms with Crippen LogP contribution >= 0.6 is 27.5 Å². The van der Waals surface area contributed by atoms with E-state index in [1.54, 1.807) is 18.6 Å². The lowest BCUT2D eigenvalue weighted by molar-refractivity contribution is 0.981. The topological polar surface area (TPSA) is 51.6 Å². The third kappa shape index (κ3) is 2.20. The molecule has 0 saturated carbocycles. The van der Waals surface area contributed by atoms with Crippen LogP contribution in [0.2, 0.25) is 5.15 Å². The molecule has 0 aliphatic carbocycles. The van der Waals surface area contributed by atoms with Crippen LogP contribution in [0.3, 0.4) is 0 Å². The lowest BCUT2D eigenvalue weighted by atomic mass is 10.3. The zero-order chi connectivity index (χ0) is 11.5. The molecular formula is C10H8BrClN4. The molecular weight excluding hydrogens is 291 g/mol. The van der Waals surface area contributed by atoms with Gasteiger partial charge in [-0.05, 0) is 22.4 Å². The molecule has 0 fully saturated rings. The molecule has 82 valence electrons. The van der Waals surface area contributed by atoms with Crippen LogP contribution in [-0.2, 0) is 6.42 Å². The highest BCUT2D eigenvalue weighted by atomic mass is 79.9. The zero-order valence-electron chi connectivity index (χ0n) is 8.48. The van der Waals surface area contributed by atoms with Gasteiger partial charge in [0.25, 0.3) is 0 Å². The largest absolute Gasteiger partial charge is 0.261 e. The van der Waals surface area contributed by atoms with Crippen LogP contribution in [0.1, 0.15) is 12.6 Å². The maximum atomic E-state index is 6.00. The van der Waals surface area contributed by atoms with Gasteiger partial charge in [-0.25, -0.2) is 15.0 Å². The maximum absolute atomic E-state index is 6.00. The average molecular weight is 300 g/mol. The normalized spacial score (nSPS) is 10.4. The first kappa shape index (κ1) is 11.4. The van der Waals surface area contributed by atoms with E-state index in [4.69, 9.17) is 11.6 Å². The van der Waals surface area contributed by atoms with Crippen LogP contribution < -0.4 is 0 Å². The Kier molecular flexibility index (Phi) is 3.46. The highest BCUT2D eigenvalue weighted by Crippen LogP contribution is 2.26. The Morgan fingerprint density at radius 3 is 2.75 bits per heavy atom. The summed E-state index contributed by atoms with van der Waals surface area (Å²) in [7, 11) is 0. The maximum Gasteiger partial charge on any atom is 0.181 e. The van der Waals surface area contributed by atoms with Gasteiger partial charge in [0.15, 0.2) is 5.82 Å². The Morgan fingerprint density at radius 2 is 2.12 bits per heavy atom. The zero-order valence-corrected chi connectivity index (χ0v) is 10.8. The monoisotopic (exact) mass is 298 g/mol. The Bertz CT molecular complexity index is 504. The summed E-state index contributed by atoms with van der Waals surface area (Å²) in [6, 6.07) is 0. The molecule has 0 N–H and O–H groups in total. The van der Waals surface area contributed by atoms with E-state index >= 15 is 0 Å². The minimum absolute atomic E-state index is 0.396. The summed E-state index contributed by atoms with van der Waals surface area (Å²) in [6.07, 6.45) is 5.58. The van der Waals surface area contributed by atoms with Gasteiger partial charge in [0.05, 0.1) is 16.4 Å². The summed E-state index contributed by atoms with van der Waals surface area (Å²) >= 11 is 9.36. The van der Waals surface area contributed by atoms with Gasteiger partial charge in [0.1, 0.15) is 10.8 Å². The summed E-state index contributed by atoms with van der Waals surface area (Å²) in [5.74, 6) is 0.498. The van der Waals surface area contributed by atoms with E-state index in [0.29, 0.717) is 16.7 Å². The number of hydrogen-bond acceptors (Lipinski definition) is 4. The quantitative estimate of drug-likeness (QED) is 0.800. The molecule has 0 aliphatic heterocycles. The van der Waals surface area contributed by atoms with Crippen LogP contribution in [0.5, 0.6) is 0 Å². The third-order valence-electron chi connectivity index (χ3n) is 2.01. The van der Waals surface area contributed by atoms with E-state index in [0.717, 1.165) is 16.6 Å². The summed E-state index contributed by atoms with van der Waals surface area (Å²) < 4.78 is 0.740. The molecule has 0 saturated heterocycles. The SMILES string of the molecule is CCc1nc(-c2cnccn2)nc(Cl)c1Br. The molecule has 0 aliphatic rings. The molecule has 4 nitrogen and oxygen atoms in total. The van der Waals surface area contributed by atoms with Gasteiger partial charge in [-0.3, -0.25) is 4.98 Å². The number of aryl methyl sites for hydroxylation is 1. The van der Waals surface area contributed by atoms with Crippen molar-refractivity contribution in [2.45, 2.75) is 13.3 Å². The second-order valence-electron chi connectivity index (χ2n) is 3.04. The first-order chi connectivity index (χ1) is 7.72.